The van der Waals surface area contributed by atoms with Crippen molar-refractivity contribution in [3.63, 3.8) is 0 Å². The highest BCUT2D eigenvalue weighted by Crippen LogP contribution is 2.32. The van der Waals surface area contributed by atoms with E-state index in [1.165, 1.54) is 50.2 Å². The van der Waals surface area contributed by atoms with E-state index in [-0.39, 0.29) is 28.8 Å². The van der Waals surface area contributed by atoms with Gasteiger partial charge < -0.3 is 30.3 Å². The summed E-state index contributed by atoms with van der Waals surface area (Å²) in [7, 11) is 0. The van der Waals surface area contributed by atoms with Gasteiger partial charge in [-0.3, -0.25) is 0 Å². The van der Waals surface area contributed by atoms with E-state index in [0.29, 0.717) is 0 Å². The summed E-state index contributed by atoms with van der Waals surface area (Å²) in [5.41, 5.74) is 0. The summed E-state index contributed by atoms with van der Waals surface area (Å²) in [6, 6.07) is 9.86. The first-order valence-corrected chi connectivity index (χ1v) is 5.89. The molecule has 0 unspecified atom stereocenters. The summed E-state index contributed by atoms with van der Waals surface area (Å²) in [6.07, 6.45) is 0. The Morgan fingerprint density at radius 2 is 1.10 bits per heavy atom. The van der Waals surface area contributed by atoms with Gasteiger partial charge in [0.25, 0.3) is 0 Å². The lowest BCUT2D eigenvalue weighted by molar-refractivity contribution is -0.114. The number of benzene rings is 2. The minimum atomic E-state index is -0.475. The number of carbonyl (C=O) groups is 1. The molecule has 114 valence electrons. The van der Waals surface area contributed by atoms with Gasteiger partial charge in [0.1, 0.15) is 17.3 Å². The third-order valence-electron chi connectivity index (χ3n) is 1.82. The van der Waals surface area contributed by atoms with E-state index in [9.17, 15) is 4.79 Å². The van der Waals surface area contributed by atoms with Crippen LogP contribution in [0.4, 0.5) is 0 Å². The van der Waals surface area contributed by atoms with Gasteiger partial charge in [0, 0.05) is 6.07 Å². The number of rotatable bonds is 0. The molecule has 0 amide bonds. The second kappa shape index (κ2) is 9.08. The molecular weight excluding hydrogens is 276 g/mol. The van der Waals surface area contributed by atoms with Gasteiger partial charge in [-0.1, -0.05) is 12.1 Å². The molecule has 0 heterocycles. The van der Waals surface area contributed by atoms with E-state index < -0.39 is 5.75 Å². The smallest absolute Gasteiger partial charge is 0.200 e. The average Bonchev–Trinajstić information content (AvgIpc) is 2.35. The van der Waals surface area contributed by atoms with Crippen LogP contribution in [0.1, 0.15) is 13.8 Å². The maximum absolute atomic E-state index is 9.44. The number of phenolic OH excluding ortho intramolecular Hbond substituents is 5. The van der Waals surface area contributed by atoms with Crippen LogP contribution in [0, 0.1) is 0 Å². The maximum atomic E-state index is 9.44. The van der Waals surface area contributed by atoms with Gasteiger partial charge in [-0.2, -0.15) is 0 Å². The molecule has 2 aromatic carbocycles. The molecule has 0 aliphatic carbocycles. The Morgan fingerprint density at radius 1 is 0.762 bits per heavy atom. The number of phenols is 5. The van der Waals surface area contributed by atoms with Crippen LogP contribution in [0.25, 0.3) is 0 Å². The summed E-state index contributed by atoms with van der Waals surface area (Å²) in [5.74, 6) is -0.752. The minimum absolute atomic E-state index is 0.0880. The summed E-state index contributed by atoms with van der Waals surface area (Å²) >= 11 is 0. The van der Waals surface area contributed by atoms with Crippen LogP contribution in [0.15, 0.2) is 42.5 Å². The molecule has 0 spiro atoms. The average molecular weight is 294 g/mol. The molecule has 0 saturated carbocycles. The molecule has 0 aromatic heterocycles. The van der Waals surface area contributed by atoms with Gasteiger partial charge in [0.2, 0.25) is 0 Å². The van der Waals surface area contributed by atoms with E-state index in [1.807, 2.05) is 0 Å². The Labute approximate surface area is 122 Å². The summed E-state index contributed by atoms with van der Waals surface area (Å²) in [4.78, 5) is 9.44. The zero-order valence-electron chi connectivity index (χ0n) is 11.7. The monoisotopic (exact) mass is 294 g/mol. The highest BCUT2D eigenvalue weighted by molar-refractivity contribution is 5.72. The topological polar surface area (TPSA) is 118 Å². The van der Waals surface area contributed by atoms with Crippen molar-refractivity contribution >= 4 is 5.78 Å². The van der Waals surface area contributed by atoms with E-state index in [1.54, 1.807) is 6.07 Å². The largest absolute Gasteiger partial charge is 0.508 e. The molecule has 6 heteroatoms. The van der Waals surface area contributed by atoms with Gasteiger partial charge >= 0.3 is 0 Å². The van der Waals surface area contributed by atoms with Crippen LogP contribution < -0.4 is 0 Å². The first-order chi connectivity index (χ1) is 9.73. The molecule has 5 N–H and O–H groups in total. The lowest BCUT2D eigenvalue weighted by Crippen LogP contribution is -1.69. The second-order valence-electron chi connectivity index (χ2n) is 4.07. The zero-order chi connectivity index (χ0) is 16.4. The molecule has 2 rings (SSSR count). The van der Waals surface area contributed by atoms with Gasteiger partial charge in [-0.25, -0.2) is 0 Å². The van der Waals surface area contributed by atoms with Gasteiger partial charge in [-0.15, -0.1) is 0 Å². The number of para-hydroxylation sites is 1. The van der Waals surface area contributed by atoms with Gasteiger partial charge in [0.15, 0.2) is 17.2 Å². The van der Waals surface area contributed by atoms with E-state index in [0.717, 1.165) is 0 Å². The van der Waals surface area contributed by atoms with Gasteiger partial charge in [0.05, 0.1) is 0 Å². The van der Waals surface area contributed by atoms with Crippen LogP contribution in [-0.4, -0.2) is 31.3 Å². The van der Waals surface area contributed by atoms with Crippen molar-refractivity contribution < 1.29 is 30.3 Å². The highest BCUT2D eigenvalue weighted by Gasteiger charge is 2.00. The van der Waals surface area contributed by atoms with Crippen LogP contribution in [0.3, 0.4) is 0 Å². The van der Waals surface area contributed by atoms with E-state index >= 15 is 0 Å². The van der Waals surface area contributed by atoms with Crippen molar-refractivity contribution in [3.05, 3.63) is 42.5 Å². The molecule has 0 atom stereocenters. The predicted molar refractivity (Wildman–Crippen MR) is 77.6 cm³/mol. The van der Waals surface area contributed by atoms with Crippen LogP contribution in [0.2, 0.25) is 0 Å². The number of carbonyl (C=O) groups excluding carboxylic acids is 1. The Hall–Kier alpha value is -2.89. The van der Waals surface area contributed by atoms with Crippen LogP contribution in [0.5, 0.6) is 28.7 Å². The van der Waals surface area contributed by atoms with Crippen LogP contribution >= 0.6 is 0 Å². The zero-order valence-corrected chi connectivity index (χ0v) is 11.7. The number of hydrogen-bond acceptors (Lipinski definition) is 6. The molecule has 0 radical (unpaired) electrons. The van der Waals surface area contributed by atoms with Crippen molar-refractivity contribution in [1.82, 2.24) is 0 Å². The van der Waals surface area contributed by atoms with Crippen molar-refractivity contribution in [1.29, 1.82) is 0 Å². The summed E-state index contributed by atoms with van der Waals surface area (Å²) in [5, 5.41) is 43.4. The molecule has 0 fully saturated rings. The van der Waals surface area contributed by atoms with E-state index in [2.05, 4.69) is 0 Å². The third kappa shape index (κ3) is 8.77. The fourth-order valence-electron chi connectivity index (χ4n) is 1.01. The van der Waals surface area contributed by atoms with Gasteiger partial charge in [-0.05, 0) is 38.1 Å². The van der Waals surface area contributed by atoms with E-state index in [4.69, 9.17) is 25.5 Å². The molecule has 0 aliphatic rings. The first kappa shape index (κ1) is 18.1. The maximum Gasteiger partial charge on any atom is 0.200 e. The number of aromatic hydroxyl groups is 5. The van der Waals surface area contributed by atoms with Crippen LogP contribution in [-0.2, 0) is 4.79 Å². The second-order valence-corrected chi connectivity index (χ2v) is 4.07. The fraction of sp³-hybridized carbons (Fsp3) is 0.133. The summed E-state index contributed by atoms with van der Waals surface area (Å²) < 4.78 is 0. The predicted octanol–water partition coefficient (Wildman–Crippen LogP) is 2.50. The number of ketones is 1. The van der Waals surface area contributed by atoms with Crippen molar-refractivity contribution in [2.45, 2.75) is 13.8 Å². The Balaban J connectivity index is 0.000000308. The number of Topliss-reactive ketones (excluding diaryl/α,β-unsaturated/α-hetero) is 1. The minimum Gasteiger partial charge on any atom is -0.508 e. The Morgan fingerprint density at radius 3 is 1.33 bits per heavy atom. The normalized spacial score (nSPS) is 8.67. The highest BCUT2D eigenvalue weighted by atomic mass is 16.3. The lowest BCUT2D eigenvalue weighted by Gasteiger charge is -1.96. The number of hydrogen-bond donors (Lipinski definition) is 5. The Bertz CT molecular complexity index is 539. The van der Waals surface area contributed by atoms with Crippen molar-refractivity contribution in [2.75, 3.05) is 0 Å². The molecule has 2 aromatic rings. The van der Waals surface area contributed by atoms with Crippen molar-refractivity contribution in [2.24, 2.45) is 0 Å². The quantitative estimate of drug-likeness (QED) is 0.476. The van der Waals surface area contributed by atoms with Crippen molar-refractivity contribution in [3.8, 4) is 28.7 Å². The third-order valence-corrected chi connectivity index (χ3v) is 1.82. The Kier molecular flexibility index (Phi) is 7.83. The molecule has 6 nitrogen and oxygen atoms in total. The molecule has 0 bridgehead atoms. The standard InChI is InChI=1S/C6H6O3.C6H6O2.C3H6O/c7-4-2-1-3-5(8)6(4)9;7-5-2-1-3-6(8)4-5;1-3(2)4/h1-3,7-9H;1-4,7-8H;1-2H3. The first-order valence-electron chi connectivity index (χ1n) is 5.89. The molecule has 0 aliphatic heterocycles. The SMILES string of the molecule is CC(C)=O.Oc1cccc(O)c1.Oc1cccc(O)c1O. The molecule has 21 heavy (non-hydrogen) atoms. The fourth-order valence-corrected chi connectivity index (χ4v) is 1.01. The molecule has 0 saturated heterocycles. The summed E-state index contributed by atoms with van der Waals surface area (Å²) in [6.45, 7) is 3.06. The molecular formula is C15H18O6. The lowest BCUT2D eigenvalue weighted by atomic mass is 10.3.